The normalized spacial score (nSPS) is 21.6. The van der Waals surface area contributed by atoms with Gasteiger partial charge in [0, 0.05) is 18.1 Å². The van der Waals surface area contributed by atoms with Crippen molar-refractivity contribution in [3.05, 3.63) is 0 Å². The van der Waals surface area contributed by atoms with E-state index in [0.717, 1.165) is 6.54 Å². The molecular weight excluding hydrogens is 196 g/mol. The molecule has 2 heteroatoms. The van der Waals surface area contributed by atoms with E-state index in [0.29, 0.717) is 6.04 Å². The van der Waals surface area contributed by atoms with E-state index in [-0.39, 0.29) is 5.54 Å². The minimum atomic E-state index is 0.122. The van der Waals surface area contributed by atoms with E-state index in [1.165, 1.54) is 51.5 Å². The summed E-state index contributed by atoms with van der Waals surface area (Å²) >= 11 is 0. The van der Waals surface area contributed by atoms with Crippen LogP contribution in [0.25, 0.3) is 0 Å². The Labute approximate surface area is 102 Å². The molecule has 2 nitrogen and oxygen atoms in total. The van der Waals surface area contributed by atoms with Gasteiger partial charge < -0.3 is 5.73 Å². The summed E-state index contributed by atoms with van der Waals surface area (Å²) in [4.78, 5) is 2.62. The topological polar surface area (TPSA) is 29.3 Å². The fourth-order valence-electron chi connectivity index (χ4n) is 2.72. The van der Waals surface area contributed by atoms with Crippen molar-refractivity contribution in [3.8, 4) is 0 Å². The number of hydrogen-bond acceptors (Lipinski definition) is 2. The van der Waals surface area contributed by atoms with Gasteiger partial charge in [-0.1, -0.05) is 33.1 Å². The van der Waals surface area contributed by atoms with Crippen LogP contribution < -0.4 is 5.73 Å². The number of hydrogen-bond donors (Lipinski definition) is 1. The molecule has 2 N–H and O–H groups in total. The second kappa shape index (κ2) is 6.61. The van der Waals surface area contributed by atoms with Gasteiger partial charge in [0.1, 0.15) is 0 Å². The van der Waals surface area contributed by atoms with Gasteiger partial charge in [-0.2, -0.15) is 0 Å². The van der Waals surface area contributed by atoms with E-state index >= 15 is 0 Å². The van der Waals surface area contributed by atoms with Gasteiger partial charge in [0.15, 0.2) is 0 Å². The molecule has 1 aliphatic rings. The largest absolute Gasteiger partial charge is 0.324 e. The van der Waals surface area contributed by atoms with Gasteiger partial charge in [-0.05, 0) is 39.2 Å². The third-order valence-electron chi connectivity index (χ3n) is 4.13. The molecular formula is C14H30N2. The molecule has 0 aromatic carbocycles. The van der Waals surface area contributed by atoms with Crippen LogP contribution in [-0.2, 0) is 0 Å². The zero-order chi connectivity index (χ0) is 12.0. The summed E-state index contributed by atoms with van der Waals surface area (Å²) in [7, 11) is 0. The number of nitrogens with zero attached hydrogens (tertiary/aromatic N) is 1. The Kier molecular flexibility index (Phi) is 5.77. The second-order valence-electron chi connectivity index (χ2n) is 5.65. The summed E-state index contributed by atoms with van der Waals surface area (Å²) < 4.78 is 0. The highest BCUT2D eigenvalue weighted by atomic mass is 15.2. The first kappa shape index (κ1) is 14.0. The number of rotatable bonds is 7. The molecule has 0 aliphatic heterocycles. The lowest BCUT2D eigenvalue weighted by Gasteiger charge is -2.36. The lowest BCUT2D eigenvalue weighted by molar-refractivity contribution is 0.155. The molecule has 0 heterocycles. The minimum Gasteiger partial charge on any atom is -0.324 e. The van der Waals surface area contributed by atoms with E-state index in [1.807, 2.05) is 0 Å². The van der Waals surface area contributed by atoms with Crippen molar-refractivity contribution in [1.82, 2.24) is 4.90 Å². The Morgan fingerprint density at radius 2 is 1.88 bits per heavy atom. The van der Waals surface area contributed by atoms with Gasteiger partial charge in [-0.25, -0.2) is 0 Å². The standard InChI is InChI=1S/C14H30N2/c1-4-6-11-16(13(3)5-2)12-14(15)9-7-8-10-14/h13H,4-12,15H2,1-3H3. The molecule has 1 rings (SSSR count). The third kappa shape index (κ3) is 4.06. The van der Waals surface area contributed by atoms with Gasteiger partial charge in [0.05, 0.1) is 0 Å². The van der Waals surface area contributed by atoms with Crippen LogP contribution in [0.3, 0.4) is 0 Å². The first-order chi connectivity index (χ1) is 7.61. The lowest BCUT2D eigenvalue weighted by Crippen LogP contribution is -2.50. The van der Waals surface area contributed by atoms with E-state index in [1.54, 1.807) is 0 Å². The van der Waals surface area contributed by atoms with E-state index in [4.69, 9.17) is 5.73 Å². The predicted molar refractivity (Wildman–Crippen MR) is 71.6 cm³/mol. The Bertz CT molecular complexity index is 185. The quantitative estimate of drug-likeness (QED) is 0.722. The summed E-state index contributed by atoms with van der Waals surface area (Å²) in [5.41, 5.74) is 6.60. The Morgan fingerprint density at radius 3 is 2.38 bits per heavy atom. The van der Waals surface area contributed by atoms with Crippen molar-refractivity contribution in [3.63, 3.8) is 0 Å². The molecule has 1 atom stereocenters. The molecule has 0 amide bonds. The lowest BCUT2D eigenvalue weighted by atomic mass is 9.97. The Balaban J connectivity index is 2.47. The zero-order valence-corrected chi connectivity index (χ0v) is 11.5. The van der Waals surface area contributed by atoms with Crippen LogP contribution in [0.2, 0.25) is 0 Å². The van der Waals surface area contributed by atoms with Crippen LogP contribution in [0.15, 0.2) is 0 Å². The van der Waals surface area contributed by atoms with E-state index in [2.05, 4.69) is 25.7 Å². The van der Waals surface area contributed by atoms with Gasteiger partial charge in [-0.3, -0.25) is 4.90 Å². The molecule has 1 fully saturated rings. The van der Waals surface area contributed by atoms with Crippen LogP contribution >= 0.6 is 0 Å². The van der Waals surface area contributed by atoms with Crippen LogP contribution in [0.4, 0.5) is 0 Å². The van der Waals surface area contributed by atoms with Crippen LogP contribution in [-0.4, -0.2) is 29.6 Å². The Morgan fingerprint density at radius 1 is 1.25 bits per heavy atom. The molecule has 1 aliphatic carbocycles. The highest BCUT2D eigenvalue weighted by molar-refractivity contribution is 4.92. The highest BCUT2D eigenvalue weighted by Crippen LogP contribution is 2.28. The van der Waals surface area contributed by atoms with Crippen molar-refractivity contribution in [2.75, 3.05) is 13.1 Å². The molecule has 1 saturated carbocycles. The smallest absolute Gasteiger partial charge is 0.0283 e. The molecule has 16 heavy (non-hydrogen) atoms. The van der Waals surface area contributed by atoms with Crippen molar-refractivity contribution in [1.29, 1.82) is 0 Å². The summed E-state index contributed by atoms with van der Waals surface area (Å²) in [5, 5.41) is 0. The maximum atomic E-state index is 6.48. The average molecular weight is 226 g/mol. The van der Waals surface area contributed by atoms with Crippen LogP contribution in [0.1, 0.15) is 65.7 Å². The molecule has 96 valence electrons. The molecule has 0 spiro atoms. The Hall–Kier alpha value is -0.0800. The summed E-state index contributed by atoms with van der Waals surface area (Å²) in [6.45, 7) is 9.23. The van der Waals surface area contributed by atoms with E-state index < -0.39 is 0 Å². The highest BCUT2D eigenvalue weighted by Gasteiger charge is 2.32. The van der Waals surface area contributed by atoms with Crippen molar-refractivity contribution >= 4 is 0 Å². The predicted octanol–water partition coefficient (Wildman–Crippen LogP) is 3.16. The second-order valence-corrected chi connectivity index (χ2v) is 5.65. The molecule has 0 aromatic heterocycles. The first-order valence-electron chi connectivity index (χ1n) is 7.14. The minimum absolute atomic E-state index is 0.122. The van der Waals surface area contributed by atoms with Crippen molar-refractivity contribution in [2.24, 2.45) is 5.73 Å². The molecule has 0 radical (unpaired) electrons. The zero-order valence-electron chi connectivity index (χ0n) is 11.5. The van der Waals surface area contributed by atoms with Gasteiger partial charge in [0.25, 0.3) is 0 Å². The van der Waals surface area contributed by atoms with Crippen molar-refractivity contribution in [2.45, 2.75) is 77.3 Å². The van der Waals surface area contributed by atoms with E-state index in [9.17, 15) is 0 Å². The number of nitrogens with two attached hydrogens (primary N) is 1. The molecule has 0 aromatic rings. The third-order valence-corrected chi connectivity index (χ3v) is 4.13. The monoisotopic (exact) mass is 226 g/mol. The van der Waals surface area contributed by atoms with Crippen molar-refractivity contribution < 1.29 is 0 Å². The van der Waals surface area contributed by atoms with Crippen LogP contribution in [0, 0.1) is 0 Å². The summed E-state index contributed by atoms with van der Waals surface area (Å²) in [6, 6.07) is 0.688. The number of unbranched alkanes of at least 4 members (excludes halogenated alkanes) is 1. The van der Waals surface area contributed by atoms with Gasteiger partial charge in [-0.15, -0.1) is 0 Å². The van der Waals surface area contributed by atoms with Gasteiger partial charge in [0.2, 0.25) is 0 Å². The fraction of sp³-hybridized carbons (Fsp3) is 1.00. The first-order valence-corrected chi connectivity index (χ1v) is 7.14. The SMILES string of the molecule is CCCCN(CC1(N)CCCC1)C(C)CC. The molecule has 0 bridgehead atoms. The average Bonchev–Trinajstić information content (AvgIpc) is 2.70. The van der Waals surface area contributed by atoms with Gasteiger partial charge >= 0.3 is 0 Å². The maximum Gasteiger partial charge on any atom is 0.0283 e. The molecule has 0 saturated heterocycles. The summed E-state index contributed by atoms with van der Waals surface area (Å²) in [5.74, 6) is 0. The summed E-state index contributed by atoms with van der Waals surface area (Å²) in [6.07, 6.45) is 8.94. The fourth-order valence-corrected chi connectivity index (χ4v) is 2.72. The maximum absolute atomic E-state index is 6.48. The van der Waals surface area contributed by atoms with Crippen LogP contribution in [0.5, 0.6) is 0 Å². The molecule has 1 unspecified atom stereocenters.